The Hall–Kier alpha value is -6.14. The highest BCUT2D eigenvalue weighted by Crippen LogP contribution is 2.38. The van der Waals surface area contributed by atoms with E-state index in [1.54, 1.807) is 10.9 Å². The summed E-state index contributed by atoms with van der Waals surface area (Å²) in [5.74, 6) is -4.92. The number of aliphatic carboxylic acids is 2. The van der Waals surface area contributed by atoms with Crippen molar-refractivity contribution in [3.8, 4) is 11.4 Å². The van der Waals surface area contributed by atoms with Gasteiger partial charge in [0, 0.05) is 49.2 Å². The summed E-state index contributed by atoms with van der Waals surface area (Å²) >= 11 is 0. The van der Waals surface area contributed by atoms with Crippen LogP contribution in [0.1, 0.15) is 38.3 Å². The second-order valence-electron chi connectivity index (χ2n) is 13.3. The zero-order chi connectivity index (χ0) is 39.8. The van der Waals surface area contributed by atoms with Gasteiger partial charge in [-0.2, -0.15) is 10.2 Å². The summed E-state index contributed by atoms with van der Waals surface area (Å²) < 4.78 is 51.4. The first kappa shape index (κ1) is 39.6. The van der Waals surface area contributed by atoms with Gasteiger partial charge in [-0.25, -0.2) is 32.5 Å². The van der Waals surface area contributed by atoms with Crippen LogP contribution in [-0.4, -0.2) is 96.8 Å². The van der Waals surface area contributed by atoms with Gasteiger partial charge in [-0.15, -0.1) is 0 Å². The van der Waals surface area contributed by atoms with Gasteiger partial charge in [0.1, 0.15) is 62.0 Å². The average molecular weight is 777 g/mol. The smallest absolute Gasteiger partial charge is 0.350 e. The molecule has 4 heterocycles. The Morgan fingerprint density at radius 3 is 2.09 bits per heavy atom. The van der Waals surface area contributed by atoms with Gasteiger partial charge < -0.3 is 34.2 Å². The third kappa shape index (κ3) is 9.38. The molecule has 0 aliphatic carbocycles. The Kier molecular flexibility index (Phi) is 12.4. The van der Waals surface area contributed by atoms with Crippen molar-refractivity contribution in [1.29, 1.82) is 0 Å². The van der Waals surface area contributed by atoms with E-state index in [0.717, 1.165) is 55.7 Å². The molecule has 2 aliphatic rings. The van der Waals surface area contributed by atoms with Crippen LogP contribution in [0.2, 0.25) is 0 Å². The number of nitrogens with zero attached hydrogens (tertiary/aromatic N) is 8. The third-order valence-corrected chi connectivity index (χ3v) is 9.45. The summed E-state index contributed by atoms with van der Waals surface area (Å²) in [7, 11) is 0. The number of benzene rings is 3. The minimum Gasteiger partial charge on any atom is -0.491 e. The lowest BCUT2D eigenvalue weighted by Gasteiger charge is -2.37. The quantitative estimate of drug-likeness (QED) is 0.164. The van der Waals surface area contributed by atoms with E-state index in [1.807, 2.05) is 50.2 Å². The predicted molar refractivity (Wildman–Crippen MR) is 198 cm³/mol. The third-order valence-electron chi connectivity index (χ3n) is 9.45. The minimum atomic E-state index is -1.51. The van der Waals surface area contributed by atoms with Gasteiger partial charge >= 0.3 is 17.6 Å². The fourth-order valence-corrected chi connectivity index (χ4v) is 6.37. The number of rotatable bonds is 13. The molecular weight excluding hydrogens is 734 g/mol. The van der Waals surface area contributed by atoms with Crippen molar-refractivity contribution in [2.45, 2.75) is 51.2 Å². The lowest BCUT2D eigenvalue weighted by atomic mass is 10.0. The average Bonchev–Trinajstić information content (AvgIpc) is 3.95. The molecule has 0 spiro atoms. The number of anilines is 2. The number of ether oxygens (including phenoxy) is 3. The van der Waals surface area contributed by atoms with Gasteiger partial charge in [-0.05, 0) is 74.0 Å². The molecule has 1 unspecified atom stereocenters. The van der Waals surface area contributed by atoms with E-state index in [0.29, 0.717) is 5.75 Å². The first-order valence-electron chi connectivity index (χ1n) is 18.0. The van der Waals surface area contributed by atoms with Crippen molar-refractivity contribution >= 4 is 23.3 Å². The SMILES string of the molecule is CCC(C)n1ncn(-c2ccc(N3CCN(c4ccc(OC[C@H]5CO[C@](Cn6cncn6)(c6ccc(F)cc6F)O5)cc4)CC3)cc2)c1=O.O=C(O)CC(=O)O. The molecule has 296 valence electrons. The molecule has 2 saturated heterocycles. The number of hydrogen-bond acceptors (Lipinski definition) is 11. The van der Waals surface area contributed by atoms with Crippen LogP contribution in [0.4, 0.5) is 20.2 Å². The second kappa shape index (κ2) is 17.5. The normalized spacial score (nSPS) is 18.6. The fourth-order valence-electron chi connectivity index (χ4n) is 6.37. The molecule has 16 nitrogen and oxygen atoms in total. The summed E-state index contributed by atoms with van der Waals surface area (Å²) in [4.78, 5) is 40.3. The molecule has 0 bridgehead atoms. The van der Waals surface area contributed by atoms with Crippen molar-refractivity contribution in [2.24, 2.45) is 0 Å². The van der Waals surface area contributed by atoms with E-state index < -0.39 is 41.9 Å². The number of carboxylic acids is 2. The van der Waals surface area contributed by atoms with Crippen LogP contribution in [0, 0.1) is 11.6 Å². The maximum atomic E-state index is 14.9. The molecule has 5 aromatic rings. The van der Waals surface area contributed by atoms with Crippen molar-refractivity contribution in [1.82, 2.24) is 29.1 Å². The van der Waals surface area contributed by atoms with Gasteiger partial charge in [0.25, 0.3) is 0 Å². The van der Waals surface area contributed by atoms with Crippen molar-refractivity contribution < 1.29 is 42.8 Å². The predicted octanol–water partition coefficient (Wildman–Crippen LogP) is 4.09. The number of hydrogen-bond donors (Lipinski definition) is 2. The Morgan fingerprint density at radius 2 is 1.54 bits per heavy atom. The molecular formula is C38H42F2N8O8. The summed E-state index contributed by atoms with van der Waals surface area (Å²) in [6.07, 6.45) is 3.96. The number of carboxylic acid groups (broad SMARTS) is 2. The van der Waals surface area contributed by atoms with Gasteiger partial charge in [-0.1, -0.05) is 6.92 Å². The molecule has 18 heteroatoms. The minimum absolute atomic E-state index is 0.0334. The van der Waals surface area contributed by atoms with Crippen LogP contribution in [-0.2, 0) is 31.4 Å². The summed E-state index contributed by atoms with van der Waals surface area (Å²) in [5, 5.41) is 23.8. The van der Waals surface area contributed by atoms with Crippen LogP contribution < -0.4 is 20.2 Å². The number of carbonyl (C=O) groups is 2. The van der Waals surface area contributed by atoms with E-state index in [-0.39, 0.29) is 37.1 Å². The monoisotopic (exact) mass is 776 g/mol. The molecule has 7 rings (SSSR count). The van der Waals surface area contributed by atoms with Crippen molar-refractivity contribution in [3.63, 3.8) is 0 Å². The molecule has 3 atom stereocenters. The highest BCUT2D eigenvalue weighted by atomic mass is 19.1. The topological polar surface area (TPSA) is 179 Å². The Morgan fingerprint density at radius 1 is 0.911 bits per heavy atom. The molecule has 3 aromatic carbocycles. The van der Waals surface area contributed by atoms with Crippen molar-refractivity contribution in [3.05, 3.63) is 113 Å². The second-order valence-corrected chi connectivity index (χ2v) is 13.3. The first-order chi connectivity index (χ1) is 26.9. The number of aromatic nitrogens is 6. The van der Waals surface area contributed by atoms with Crippen molar-refractivity contribution in [2.75, 3.05) is 49.2 Å². The molecule has 2 aromatic heterocycles. The fraction of sp³-hybridized carbons (Fsp3) is 0.368. The Labute approximate surface area is 320 Å². The molecule has 56 heavy (non-hydrogen) atoms. The summed E-state index contributed by atoms with van der Waals surface area (Å²) in [6, 6.07) is 19.3. The van der Waals surface area contributed by atoms with Crippen LogP contribution >= 0.6 is 0 Å². The Bertz CT molecular complexity index is 2130. The number of halogens is 2. The van der Waals surface area contributed by atoms with Crippen LogP contribution in [0.3, 0.4) is 0 Å². The zero-order valence-electron chi connectivity index (χ0n) is 30.8. The standard InChI is InChI=1S/C35H38F2N8O4.C3H4O4/c1-3-25(2)45-34(46)44(24-40-45)29-7-5-27(6-8-29)41-14-16-42(17-15-41)28-9-11-30(12-10-28)47-19-31-20-48-35(49-31,21-43-23-38-22-39-43)32-13-4-26(36)18-33(32)37;4-2(5)1-3(6)7/h4-13,18,22-25,31H,3,14-17,19-21H2,1-2H3;1H2,(H,4,5)(H,6,7)/t25?,31-,35-;/m0./s1. The zero-order valence-corrected chi connectivity index (χ0v) is 30.8. The van der Waals surface area contributed by atoms with E-state index >= 15 is 0 Å². The largest absolute Gasteiger partial charge is 0.491 e. The van der Waals surface area contributed by atoms with E-state index in [2.05, 4.69) is 37.1 Å². The molecule has 0 radical (unpaired) electrons. The van der Waals surface area contributed by atoms with E-state index in [1.165, 1.54) is 34.2 Å². The van der Waals surface area contributed by atoms with Gasteiger partial charge in [0.15, 0.2) is 0 Å². The Balaban J connectivity index is 0.000000695. The van der Waals surface area contributed by atoms with Gasteiger partial charge in [0.05, 0.1) is 18.3 Å². The van der Waals surface area contributed by atoms with Crippen LogP contribution in [0.25, 0.3) is 5.69 Å². The summed E-state index contributed by atoms with van der Waals surface area (Å²) in [5.41, 5.74) is 2.95. The highest BCUT2D eigenvalue weighted by Gasteiger charge is 2.46. The molecule has 2 aliphatic heterocycles. The van der Waals surface area contributed by atoms with Gasteiger partial charge in [-0.3, -0.25) is 9.59 Å². The first-order valence-corrected chi connectivity index (χ1v) is 18.0. The molecule has 0 saturated carbocycles. The van der Waals surface area contributed by atoms with Crippen LogP contribution in [0.5, 0.6) is 5.75 Å². The van der Waals surface area contributed by atoms with E-state index in [4.69, 9.17) is 24.4 Å². The maximum Gasteiger partial charge on any atom is 0.350 e. The molecule has 2 N–H and O–H groups in total. The maximum absolute atomic E-state index is 14.9. The molecule has 2 fully saturated rings. The highest BCUT2D eigenvalue weighted by molar-refractivity contribution is 5.88. The van der Waals surface area contributed by atoms with Gasteiger partial charge in [0.2, 0.25) is 5.79 Å². The van der Waals surface area contributed by atoms with E-state index in [9.17, 15) is 23.2 Å². The molecule has 0 amide bonds. The van der Waals surface area contributed by atoms with Crippen LogP contribution in [0.15, 0.2) is 90.5 Å². The number of piperazine rings is 1. The lowest BCUT2D eigenvalue weighted by molar-refractivity contribution is -0.192. The summed E-state index contributed by atoms with van der Waals surface area (Å²) in [6.45, 7) is 7.80. The lowest BCUT2D eigenvalue weighted by Crippen LogP contribution is -2.46.